The van der Waals surface area contributed by atoms with Crippen LogP contribution in [0.2, 0.25) is 0 Å². The molecule has 0 amide bonds. The SMILES string of the molecule is NNC(CC1CCSCC1)c1cccnc1. The van der Waals surface area contributed by atoms with Crippen molar-refractivity contribution < 1.29 is 0 Å². The van der Waals surface area contributed by atoms with Crippen LogP contribution in [0.1, 0.15) is 30.9 Å². The first kappa shape index (κ1) is 11.9. The van der Waals surface area contributed by atoms with Gasteiger partial charge in [-0.15, -0.1) is 0 Å². The number of nitrogens with one attached hydrogen (secondary N) is 1. The molecule has 4 heteroatoms. The number of rotatable bonds is 4. The van der Waals surface area contributed by atoms with E-state index in [-0.39, 0.29) is 6.04 Å². The van der Waals surface area contributed by atoms with Crippen LogP contribution in [0.15, 0.2) is 24.5 Å². The van der Waals surface area contributed by atoms with E-state index in [2.05, 4.69) is 28.2 Å². The quantitative estimate of drug-likeness (QED) is 0.622. The number of hydrazine groups is 1. The molecule has 1 aliphatic heterocycles. The Morgan fingerprint density at radius 2 is 2.31 bits per heavy atom. The van der Waals surface area contributed by atoms with Crippen molar-refractivity contribution in [3.05, 3.63) is 30.1 Å². The summed E-state index contributed by atoms with van der Waals surface area (Å²) in [6.07, 6.45) is 7.48. The van der Waals surface area contributed by atoms with Crippen LogP contribution in [0.4, 0.5) is 0 Å². The predicted octanol–water partition coefficient (Wildman–Crippen LogP) is 2.12. The van der Waals surface area contributed by atoms with E-state index in [1.54, 1.807) is 6.20 Å². The predicted molar refractivity (Wildman–Crippen MR) is 69.0 cm³/mol. The summed E-state index contributed by atoms with van der Waals surface area (Å²) in [5.41, 5.74) is 4.12. The van der Waals surface area contributed by atoms with Crippen LogP contribution in [-0.2, 0) is 0 Å². The molecule has 3 N–H and O–H groups in total. The van der Waals surface area contributed by atoms with Gasteiger partial charge in [-0.2, -0.15) is 11.8 Å². The van der Waals surface area contributed by atoms with E-state index in [4.69, 9.17) is 5.84 Å². The lowest BCUT2D eigenvalue weighted by Crippen LogP contribution is -2.30. The summed E-state index contributed by atoms with van der Waals surface area (Å²) in [6.45, 7) is 0. The molecular formula is C12H19N3S. The number of hydrogen-bond acceptors (Lipinski definition) is 4. The Morgan fingerprint density at radius 1 is 1.50 bits per heavy atom. The molecule has 0 radical (unpaired) electrons. The molecule has 0 saturated carbocycles. The van der Waals surface area contributed by atoms with Crippen molar-refractivity contribution in [2.45, 2.75) is 25.3 Å². The highest BCUT2D eigenvalue weighted by Gasteiger charge is 2.19. The Morgan fingerprint density at radius 3 is 2.94 bits per heavy atom. The van der Waals surface area contributed by atoms with Crippen molar-refractivity contribution in [2.24, 2.45) is 11.8 Å². The second kappa shape index (κ2) is 6.23. The van der Waals surface area contributed by atoms with E-state index in [0.29, 0.717) is 0 Å². The molecule has 88 valence electrons. The van der Waals surface area contributed by atoms with Gasteiger partial charge >= 0.3 is 0 Å². The van der Waals surface area contributed by atoms with Crippen LogP contribution in [0, 0.1) is 5.92 Å². The van der Waals surface area contributed by atoms with Gasteiger partial charge in [0.05, 0.1) is 0 Å². The number of thioether (sulfide) groups is 1. The second-order valence-electron chi connectivity index (χ2n) is 4.30. The van der Waals surface area contributed by atoms with E-state index in [1.165, 1.54) is 29.9 Å². The molecule has 1 aromatic heterocycles. The molecule has 2 heterocycles. The fourth-order valence-corrected chi connectivity index (χ4v) is 3.40. The van der Waals surface area contributed by atoms with Crippen molar-refractivity contribution in [1.82, 2.24) is 10.4 Å². The average Bonchev–Trinajstić information content (AvgIpc) is 2.38. The maximum atomic E-state index is 5.64. The van der Waals surface area contributed by atoms with Gasteiger partial charge < -0.3 is 0 Å². The van der Waals surface area contributed by atoms with Gasteiger partial charge in [-0.3, -0.25) is 16.3 Å². The van der Waals surface area contributed by atoms with Gasteiger partial charge in [0.15, 0.2) is 0 Å². The van der Waals surface area contributed by atoms with Gasteiger partial charge in [0.25, 0.3) is 0 Å². The number of pyridine rings is 1. The first-order valence-corrected chi connectivity index (χ1v) is 6.99. The minimum Gasteiger partial charge on any atom is -0.271 e. The Balaban J connectivity index is 1.94. The molecule has 3 nitrogen and oxygen atoms in total. The minimum absolute atomic E-state index is 0.252. The van der Waals surface area contributed by atoms with Gasteiger partial charge in [-0.25, -0.2) is 0 Å². The van der Waals surface area contributed by atoms with E-state index < -0.39 is 0 Å². The molecule has 0 aromatic carbocycles. The zero-order valence-corrected chi connectivity index (χ0v) is 10.2. The zero-order valence-electron chi connectivity index (χ0n) is 9.43. The largest absolute Gasteiger partial charge is 0.271 e. The molecule has 1 aliphatic rings. The lowest BCUT2D eigenvalue weighted by atomic mass is 9.92. The molecule has 1 saturated heterocycles. The average molecular weight is 237 g/mol. The lowest BCUT2D eigenvalue weighted by Gasteiger charge is -2.26. The first-order chi connectivity index (χ1) is 7.90. The van der Waals surface area contributed by atoms with Gasteiger partial charge in [0.1, 0.15) is 0 Å². The van der Waals surface area contributed by atoms with E-state index >= 15 is 0 Å². The summed E-state index contributed by atoms with van der Waals surface area (Å²) in [5.74, 6) is 9.05. The highest BCUT2D eigenvalue weighted by Crippen LogP contribution is 2.30. The van der Waals surface area contributed by atoms with Crippen molar-refractivity contribution in [3.8, 4) is 0 Å². The number of nitrogens with two attached hydrogens (primary N) is 1. The molecule has 1 aromatic rings. The topological polar surface area (TPSA) is 50.9 Å². The fraction of sp³-hybridized carbons (Fsp3) is 0.583. The van der Waals surface area contributed by atoms with Gasteiger partial charge in [-0.1, -0.05) is 6.07 Å². The van der Waals surface area contributed by atoms with Crippen molar-refractivity contribution >= 4 is 11.8 Å². The molecule has 1 atom stereocenters. The minimum atomic E-state index is 0.252. The van der Waals surface area contributed by atoms with Gasteiger partial charge in [-0.05, 0) is 48.3 Å². The summed E-state index contributed by atoms with van der Waals surface area (Å²) < 4.78 is 0. The Labute approximate surface area is 101 Å². The van der Waals surface area contributed by atoms with Gasteiger partial charge in [0.2, 0.25) is 0 Å². The zero-order chi connectivity index (χ0) is 11.2. The van der Waals surface area contributed by atoms with E-state index in [0.717, 1.165) is 12.3 Å². The maximum absolute atomic E-state index is 5.64. The highest BCUT2D eigenvalue weighted by molar-refractivity contribution is 7.99. The van der Waals surface area contributed by atoms with E-state index in [9.17, 15) is 0 Å². The van der Waals surface area contributed by atoms with Crippen LogP contribution >= 0.6 is 11.8 Å². The first-order valence-electron chi connectivity index (χ1n) is 5.84. The Hall–Kier alpha value is -0.580. The van der Waals surface area contributed by atoms with Gasteiger partial charge in [0, 0.05) is 18.4 Å². The smallest absolute Gasteiger partial charge is 0.0477 e. The second-order valence-corrected chi connectivity index (χ2v) is 5.52. The fourth-order valence-electron chi connectivity index (χ4n) is 2.20. The molecule has 0 bridgehead atoms. The van der Waals surface area contributed by atoms with Crippen LogP contribution < -0.4 is 11.3 Å². The number of hydrogen-bond donors (Lipinski definition) is 2. The van der Waals surface area contributed by atoms with Crippen molar-refractivity contribution in [1.29, 1.82) is 0 Å². The Bertz CT molecular complexity index is 298. The molecule has 1 unspecified atom stereocenters. The van der Waals surface area contributed by atoms with Crippen molar-refractivity contribution in [2.75, 3.05) is 11.5 Å². The summed E-state index contributed by atoms with van der Waals surface area (Å²) >= 11 is 2.07. The molecular weight excluding hydrogens is 218 g/mol. The number of aromatic nitrogens is 1. The molecule has 1 fully saturated rings. The molecule has 16 heavy (non-hydrogen) atoms. The summed E-state index contributed by atoms with van der Waals surface area (Å²) in [4.78, 5) is 4.15. The van der Waals surface area contributed by atoms with E-state index in [1.807, 2.05) is 12.3 Å². The molecule has 2 rings (SSSR count). The molecule has 0 aliphatic carbocycles. The highest BCUT2D eigenvalue weighted by atomic mass is 32.2. The third-order valence-electron chi connectivity index (χ3n) is 3.20. The standard InChI is InChI=1S/C12H19N3S/c13-15-12(11-2-1-5-14-9-11)8-10-3-6-16-7-4-10/h1-2,5,9-10,12,15H,3-4,6-8,13H2. The summed E-state index contributed by atoms with van der Waals surface area (Å²) in [6, 6.07) is 4.31. The third-order valence-corrected chi connectivity index (χ3v) is 4.25. The van der Waals surface area contributed by atoms with Crippen LogP contribution in [0.5, 0.6) is 0 Å². The number of nitrogens with zero attached hydrogens (tertiary/aromatic N) is 1. The monoisotopic (exact) mass is 237 g/mol. The summed E-state index contributed by atoms with van der Waals surface area (Å²) in [5, 5.41) is 0. The molecule has 0 spiro atoms. The van der Waals surface area contributed by atoms with Crippen LogP contribution in [0.3, 0.4) is 0 Å². The van der Waals surface area contributed by atoms with Crippen LogP contribution in [-0.4, -0.2) is 16.5 Å². The van der Waals surface area contributed by atoms with Crippen molar-refractivity contribution in [3.63, 3.8) is 0 Å². The maximum Gasteiger partial charge on any atom is 0.0477 e. The van der Waals surface area contributed by atoms with Crippen LogP contribution in [0.25, 0.3) is 0 Å². The normalized spacial score (nSPS) is 19.6. The Kier molecular flexibility index (Phi) is 4.63. The summed E-state index contributed by atoms with van der Waals surface area (Å²) in [7, 11) is 0. The lowest BCUT2D eigenvalue weighted by molar-refractivity contribution is 0.373. The third kappa shape index (κ3) is 3.20.